The van der Waals surface area contributed by atoms with Crippen LogP contribution in [0, 0.1) is 0 Å². The molecular formula is C12H16N4O3S. The maximum Gasteiger partial charge on any atom is 0.246 e. The van der Waals surface area contributed by atoms with Gasteiger partial charge in [-0.25, -0.2) is 13.1 Å². The largest absolute Gasteiger partial charge is 0.394 e. The number of benzene rings is 1. The van der Waals surface area contributed by atoms with Crippen molar-refractivity contribution in [3.8, 4) is 0 Å². The summed E-state index contributed by atoms with van der Waals surface area (Å²) in [6.45, 7) is -0.358. The smallest absolute Gasteiger partial charge is 0.246 e. The van der Waals surface area contributed by atoms with Crippen molar-refractivity contribution in [3.63, 3.8) is 0 Å². The fraction of sp³-hybridized carbons (Fsp3) is 0.250. The van der Waals surface area contributed by atoms with Crippen LogP contribution in [0.4, 0.5) is 5.82 Å². The van der Waals surface area contributed by atoms with Crippen LogP contribution in [0.2, 0.25) is 0 Å². The summed E-state index contributed by atoms with van der Waals surface area (Å²) in [5, 5.41) is 13.2. The van der Waals surface area contributed by atoms with E-state index in [0.29, 0.717) is 5.56 Å². The molecule has 20 heavy (non-hydrogen) atoms. The van der Waals surface area contributed by atoms with E-state index in [4.69, 9.17) is 5.73 Å². The molecule has 0 saturated heterocycles. The van der Waals surface area contributed by atoms with E-state index >= 15 is 0 Å². The van der Waals surface area contributed by atoms with E-state index in [1.807, 2.05) is 6.07 Å². The van der Waals surface area contributed by atoms with E-state index in [2.05, 4.69) is 9.82 Å². The number of sulfonamides is 1. The first-order valence-electron chi connectivity index (χ1n) is 5.91. The average molecular weight is 296 g/mol. The van der Waals surface area contributed by atoms with Crippen LogP contribution in [-0.2, 0) is 17.1 Å². The van der Waals surface area contributed by atoms with Crippen molar-refractivity contribution in [2.75, 3.05) is 12.3 Å². The van der Waals surface area contributed by atoms with Gasteiger partial charge < -0.3 is 10.8 Å². The average Bonchev–Trinajstić information content (AvgIpc) is 2.77. The van der Waals surface area contributed by atoms with Gasteiger partial charge in [0.1, 0.15) is 4.90 Å². The molecule has 0 aliphatic heterocycles. The van der Waals surface area contributed by atoms with Crippen LogP contribution in [0.3, 0.4) is 0 Å². The summed E-state index contributed by atoms with van der Waals surface area (Å²) in [6, 6.07) is 8.08. The third-order valence-corrected chi connectivity index (χ3v) is 4.28. The fourth-order valence-electron chi connectivity index (χ4n) is 1.84. The van der Waals surface area contributed by atoms with Gasteiger partial charge in [0, 0.05) is 13.2 Å². The molecule has 0 spiro atoms. The summed E-state index contributed by atoms with van der Waals surface area (Å²) >= 11 is 0. The monoisotopic (exact) mass is 296 g/mol. The van der Waals surface area contributed by atoms with Crippen molar-refractivity contribution in [1.82, 2.24) is 14.5 Å². The zero-order valence-electron chi connectivity index (χ0n) is 10.9. The molecule has 1 aromatic carbocycles. The summed E-state index contributed by atoms with van der Waals surface area (Å²) in [5.74, 6) is -0.0789. The SMILES string of the molecule is Cn1cc(S(=O)(=O)N[C@@H](CO)c2ccccc2)c(N)n1. The highest BCUT2D eigenvalue weighted by Crippen LogP contribution is 2.20. The van der Waals surface area contributed by atoms with Crippen molar-refractivity contribution in [1.29, 1.82) is 0 Å². The summed E-state index contributed by atoms with van der Waals surface area (Å²) < 4.78 is 28.2. The highest BCUT2D eigenvalue weighted by Gasteiger charge is 2.24. The number of hydrogen-bond donors (Lipinski definition) is 3. The molecule has 1 atom stereocenters. The number of aliphatic hydroxyl groups excluding tert-OH is 1. The predicted molar refractivity (Wildman–Crippen MR) is 74.2 cm³/mol. The quantitative estimate of drug-likeness (QED) is 0.720. The maximum absolute atomic E-state index is 12.3. The van der Waals surface area contributed by atoms with Gasteiger partial charge in [0.15, 0.2) is 5.82 Å². The van der Waals surface area contributed by atoms with E-state index in [0.717, 1.165) is 0 Å². The fourth-order valence-corrected chi connectivity index (χ4v) is 3.16. The number of anilines is 1. The Morgan fingerprint density at radius 1 is 1.40 bits per heavy atom. The Hall–Kier alpha value is -1.90. The first-order valence-corrected chi connectivity index (χ1v) is 7.39. The maximum atomic E-state index is 12.3. The van der Waals surface area contributed by atoms with Crippen LogP contribution in [0.15, 0.2) is 41.4 Å². The number of aromatic nitrogens is 2. The highest BCUT2D eigenvalue weighted by atomic mass is 32.2. The van der Waals surface area contributed by atoms with Crippen molar-refractivity contribution in [2.45, 2.75) is 10.9 Å². The van der Waals surface area contributed by atoms with Gasteiger partial charge in [-0.3, -0.25) is 4.68 Å². The molecule has 4 N–H and O–H groups in total. The Kier molecular flexibility index (Phi) is 4.07. The van der Waals surface area contributed by atoms with E-state index in [1.54, 1.807) is 31.3 Å². The Bertz CT molecular complexity index is 682. The van der Waals surface area contributed by atoms with Crippen LogP contribution < -0.4 is 10.5 Å². The molecule has 0 bridgehead atoms. The minimum Gasteiger partial charge on any atom is -0.394 e. The molecule has 0 aliphatic rings. The van der Waals surface area contributed by atoms with Crippen LogP contribution >= 0.6 is 0 Å². The van der Waals surface area contributed by atoms with Gasteiger partial charge in [-0.05, 0) is 5.56 Å². The molecule has 108 valence electrons. The third-order valence-electron chi connectivity index (χ3n) is 2.79. The lowest BCUT2D eigenvalue weighted by Gasteiger charge is -2.16. The van der Waals surface area contributed by atoms with Crippen LogP contribution in [-0.4, -0.2) is 29.9 Å². The minimum absolute atomic E-state index is 0.0789. The Morgan fingerprint density at radius 3 is 2.55 bits per heavy atom. The molecule has 0 saturated carbocycles. The molecule has 0 fully saturated rings. The van der Waals surface area contributed by atoms with Crippen molar-refractivity contribution in [2.24, 2.45) is 7.05 Å². The van der Waals surface area contributed by atoms with Crippen LogP contribution in [0.1, 0.15) is 11.6 Å². The lowest BCUT2D eigenvalue weighted by molar-refractivity contribution is 0.259. The molecule has 0 radical (unpaired) electrons. The van der Waals surface area contributed by atoms with E-state index in [-0.39, 0.29) is 17.3 Å². The normalized spacial score (nSPS) is 13.3. The molecular weight excluding hydrogens is 280 g/mol. The second-order valence-corrected chi connectivity index (χ2v) is 6.00. The molecule has 2 rings (SSSR count). The van der Waals surface area contributed by atoms with Crippen LogP contribution in [0.5, 0.6) is 0 Å². The molecule has 1 heterocycles. The minimum atomic E-state index is -3.85. The zero-order chi connectivity index (χ0) is 14.8. The number of nitrogens with one attached hydrogen (secondary N) is 1. The standard InChI is InChI=1S/C12H16N4O3S/c1-16-7-11(12(13)14-16)20(18,19)15-10(8-17)9-5-3-2-4-6-9/h2-7,10,15,17H,8H2,1H3,(H2,13,14)/t10-/m0/s1. The van der Waals surface area contributed by atoms with Crippen molar-refractivity contribution in [3.05, 3.63) is 42.1 Å². The predicted octanol–water partition coefficient (Wildman–Crippen LogP) is 0.0142. The Labute approximate surface area is 117 Å². The number of nitrogens with zero attached hydrogens (tertiary/aromatic N) is 2. The topological polar surface area (TPSA) is 110 Å². The summed E-state index contributed by atoms with van der Waals surface area (Å²) in [5.41, 5.74) is 6.24. The number of nitrogen functional groups attached to an aromatic ring is 1. The third kappa shape index (κ3) is 2.98. The first kappa shape index (κ1) is 14.5. The number of hydrogen-bond acceptors (Lipinski definition) is 5. The summed E-state index contributed by atoms with van der Waals surface area (Å²) in [7, 11) is -2.27. The molecule has 2 aromatic rings. The molecule has 1 aromatic heterocycles. The second kappa shape index (κ2) is 5.61. The van der Waals surface area contributed by atoms with Crippen molar-refractivity contribution >= 4 is 15.8 Å². The van der Waals surface area contributed by atoms with E-state index < -0.39 is 16.1 Å². The summed E-state index contributed by atoms with van der Waals surface area (Å²) in [6.07, 6.45) is 1.32. The first-order chi connectivity index (χ1) is 9.44. The second-order valence-electron chi connectivity index (χ2n) is 4.32. The number of rotatable bonds is 5. The molecule has 0 aliphatic carbocycles. The van der Waals surface area contributed by atoms with Gasteiger partial charge in [0.25, 0.3) is 0 Å². The van der Waals surface area contributed by atoms with E-state index in [1.165, 1.54) is 10.9 Å². The molecule has 7 nitrogen and oxygen atoms in total. The van der Waals surface area contributed by atoms with Gasteiger partial charge >= 0.3 is 0 Å². The van der Waals surface area contributed by atoms with E-state index in [9.17, 15) is 13.5 Å². The summed E-state index contributed by atoms with van der Waals surface area (Å²) in [4.78, 5) is -0.102. The van der Waals surface area contributed by atoms with Gasteiger partial charge in [0.2, 0.25) is 10.0 Å². The van der Waals surface area contributed by atoms with Gasteiger partial charge in [-0.1, -0.05) is 30.3 Å². The lowest BCUT2D eigenvalue weighted by Crippen LogP contribution is -2.31. The van der Waals surface area contributed by atoms with Gasteiger partial charge in [-0.15, -0.1) is 0 Å². The molecule has 0 amide bonds. The van der Waals surface area contributed by atoms with Crippen LogP contribution in [0.25, 0.3) is 0 Å². The molecule has 0 unspecified atom stereocenters. The Balaban J connectivity index is 2.29. The molecule has 8 heteroatoms. The van der Waals surface area contributed by atoms with Gasteiger partial charge in [0.05, 0.1) is 12.6 Å². The zero-order valence-corrected chi connectivity index (χ0v) is 11.7. The lowest BCUT2D eigenvalue weighted by atomic mass is 10.1. The number of aryl methyl sites for hydroxylation is 1. The van der Waals surface area contributed by atoms with Crippen molar-refractivity contribution < 1.29 is 13.5 Å². The number of nitrogens with two attached hydrogens (primary N) is 1. The van der Waals surface area contributed by atoms with Gasteiger partial charge in [-0.2, -0.15) is 5.10 Å². The Morgan fingerprint density at radius 2 is 2.05 bits per heavy atom. The highest BCUT2D eigenvalue weighted by molar-refractivity contribution is 7.89. The number of aliphatic hydroxyl groups is 1.